The van der Waals surface area contributed by atoms with Crippen LogP contribution in [-0.4, -0.2) is 27.7 Å². The third-order valence-electron chi connectivity index (χ3n) is 1.81. The summed E-state index contributed by atoms with van der Waals surface area (Å²) in [6, 6.07) is 0. The molecule has 0 spiro atoms. The number of aliphatic hydroxyl groups is 1. The Morgan fingerprint density at radius 2 is 2.36 bits per heavy atom. The molecule has 1 rings (SSSR count). The highest BCUT2D eigenvalue weighted by Gasteiger charge is 2.06. The van der Waals surface area contributed by atoms with Crippen LogP contribution in [0.15, 0.2) is 6.33 Å². The number of nitrogen functional groups attached to an aromatic ring is 1. The van der Waals surface area contributed by atoms with Crippen LogP contribution in [0, 0.1) is 0 Å². The third-order valence-corrected chi connectivity index (χ3v) is 2.11. The van der Waals surface area contributed by atoms with Crippen molar-refractivity contribution >= 4 is 23.1 Å². The van der Waals surface area contributed by atoms with Crippen molar-refractivity contribution in [2.45, 2.75) is 19.4 Å². The van der Waals surface area contributed by atoms with Gasteiger partial charge in [-0.05, 0) is 6.42 Å². The van der Waals surface area contributed by atoms with Gasteiger partial charge >= 0.3 is 0 Å². The van der Waals surface area contributed by atoms with Gasteiger partial charge in [0.15, 0.2) is 11.0 Å². The van der Waals surface area contributed by atoms with E-state index in [4.69, 9.17) is 17.3 Å². The Labute approximate surface area is 87.3 Å². The largest absolute Gasteiger partial charge is 0.393 e. The smallest absolute Gasteiger partial charge is 0.157 e. The topological polar surface area (TPSA) is 84.1 Å². The van der Waals surface area contributed by atoms with Crippen molar-refractivity contribution in [3.05, 3.63) is 11.5 Å². The molecule has 1 unspecified atom stereocenters. The maximum absolute atomic E-state index is 9.30. The Bertz CT molecular complexity index is 307. The lowest BCUT2D eigenvalue weighted by atomic mass is 10.3. The second kappa shape index (κ2) is 4.97. The molecular formula is C8H13ClN4O. The van der Waals surface area contributed by atoms with Crippen molar-refractivity contribution in [2.75, 3.05) is 17.6 Å². The number of aliphatic hydroxyl groups excluding tert-OH is 1. The lowest BCUT2D eigenvalue weighted by Gasteiger charge is -2.11. The summed E-state index contributed by atoms with van der Waals surface area (Å²) >= 11 is 5.68. The molecule has 0 radical (unpaired) electrons. The minimum Gasteiger partial charge on any atom is -0.393 e. The Balaban J connectivity index is 2.63. The zero-order chi connectivity index (χ0) is 10.6. The van der Waals surface area contributed by atoms with Crippen molar-refractivity contribution in [3.8, 4) is 0 Å². The molecule has 5 nitrogen and oxygen atoms in total. The molecular weight excluding hydrogens is 204 g/mol. The number of aromatic nitrogens is 2. The summed E-state index contributed by atoms with van der Waals surface area (Å²) in [7, 11) is 0. The molecule has 1 heterocycles. The van der Waals surface area contributed by atoms with E-state index < -0.39 is 6.10 Å². The van der Waals surface area contributed by atoms with Crippen LogP contribution in [0.25, 0.3) is 0 Å². The molecule has 0 aliphatic heterocycles. The second-order valence-electron chi connectivity index (χ2n) is 2.87. The fourth-order valence-electron chi connectivity index (χ4n) is 0.874. The first-order valence-corrected chi connectivity index (χ1v) is 4.70. The van der Waals surface area contributed by atoms with E-state index in [9.17, 15) is 5.11 Å². The molecule has 1 atom stereocenters. The maximum atomic E-state index is 9.30. The Hall–Kier alpha value is -1.07. The number of nitrogens with one attached hydrogen (secondary N) is 1. The minimum absolute atomic E-state index is 0.216. The normalized spacial score (nSPS) is 12.5. The average molecular weight is 217 g/mol. The minimum atomic E-state index is -0.414. The molecule has 78 valence electrons. The number of nitrogens with zero attached hydrogens (tertiary/aromatic N) is 2. The molecule has 0 saturated carbocycles. The van der Waals surface area contributed by atoms with E-state index in [1.165, 1.54) is 6.33 Å². The lowest BCUT2D eigenvalue weighted by molar-refractivity contribution is 0.183. The predicted molar refractivity (Wildman–Crippen MR) is 56.2 cm³/mol. The van der Waals surface area contributed by atoms with E-state index in [1.54, 1.807) is 0 Å². The lowest BCUT2D eigenvalue weighted by Crippen LogP contribution is -2.19. The van der Waals surface area contributed by atoms with Crippen molar-refractivity contribution in [1.29, 1.82) is 0 Å². The zero-order valence-electron chi connectivity index (χ0n) is 7.87. The van der Waals surface area contributed by atoms with E-state index in [2.05, 4.69) is 15.3 Å². The highest BCUT2D eigenvalue weighted by Crippen LogP contribution is 2.21. The van der Waals surface area contributed by atoms with E-state index >= 15 is 0 Å². The predicted octanol–water partition coefficient (Wildman–Crippen LogP) is 0.895. The van der Waals surface area contributed by atoms with Crippen LogP contribution in [0.3, 0.4) is 0 Å². The number of nitrogens with two attached hydrogens (primary N) is 1. The maximum Gasteiger partial charge on any atom is 0.157 e. The summed E-state index contributed by atoms with van der Waals surface area (Å²) in [6.45, 7) is 2.29. The van der Waals surface area contributed by atoms with Gasteiger partial charge in [-0.3, -0.25) is 0 Å². The van der Waals surface area contributed by atoms with Crippen LogP contribution in [0.5, 0.6) is 0 Å². The standard InChI is InChI=1S/C8H13ClN4O/c1-2-5(14)3-11-8-6(10)7(9)12-4-13-8/h4-5,14H,2-3,10H2,1H3,(H,11,12,13). The van der Waals surface area contributed by atoms with Crippen molar-refractivity contribution in [2.24, 2.45) is 0 Å². The molecule has 1 aromatic rings. The molecule has 0 saturated heterocycles. The number of halogens is 1. The fraction of sp³-hybridized carbons (Fsp3) is 0.500. The summed E-state index contributed by atoms with van der Waals surface area (Å²) in [6.07, 6.45) is 1.58. The van der Waals surface area contributed by atoms with E-state index in [1.807, 2.05) is 6.92 Å². The first-order chi connectivity index (χ1) is 6.65. The van der Waals surface area contributed by atoms with Gasteiger partial charge in [0.1, 0.15) is 12.0 Å². The zero-order valence-corrected chi connectivity index (χ0v) is 8.62. The molecule has 6 heteroatoms. The molecule has 0 amide bonds. The highest BCUT2D eigenvalue weighted by molar-refractivity contribution is 6.32. The SMILES string of the molecule is CCC(O)CNc1ncnc(Cl)c1N. The van der Waals surface area contributed by atoms with Gasteiger partial charge in [0.25, 0.3) is 0 Å². The van der Waals surface area contributed by atoms with Crippen molar-refractivity contribution in [1.82, 2.24) is 9.97 Å². The third kappa shape index (κ3) is 2.71. The average Bonchev–Trinajstić information content (AvgIpc) is 2.20. The highest BCUT2D eigenvalue weighted by atomic mass is 35.5. The molecule has 0 bridgehead atoms. The van der Waals surface area contributed by atoms with Crippen LogP contribution in [0.4, 0.5) is 11.5 Å². The van der Waals surface area contributed by atoms with Gasteiger partial charge in [0.05, 0.1) is 6.10 Å². The van der Waals surface area contributed by atoms with Gasteiger partial charge in [-0.25, -0.2) is 9.97 Å². The van der Waals surface area contributed by atoms with Gasteiger partial charge in [0, 0.05) is 6.54 Å². The molecule has 0 aliphatic rings. The van der Waals surface area contributed by atoms with Gasteiger partial charge in [-0.1, -0.05) is 18.5 Å². The van der Waals surface area contributed by atoms with Crippen LogP contribution in [0.2, 0.25) is 5.15 Å². The first kappa shape index (κ1) is 11.0. The van der Waals surface area contributed by atoms with Crippen molar-refractivity contribution < 1.29 is 5.11 Å². The van der Waals surface area contributed by atoms with Gasteiger partial charge in [-0.2, -0.15) is 0 Å². The molecule has 0 fully saturated rings. The van der Waals surface area contributed by atoms with Crippen LogP contribution < -0.4 is 11.1 Å². The summed E-state index contributed by atoms with van der Waals surface area (Å²) in [4.78, 5) is 7.62. The first-order valence-electron chi connectivity index (χ1n) is 4.33. The molecule has 1 aromatic heterocycles. The summed E-state index contributed by atoms with van der Waals surface area (Å²) < 4.78 is 0. The number of hydrogen-bond donors (Lipinski definition) is 3. The van der Waals surface area contributed by atoms with E-state index in [0.717, 1.165) is 0 Å². The van der Waals surface area contributed by atoms with Crippen LogP contribution in [0.1, 0.15) is 13.3 Å². The summed E-state index contributed by atoms with van der Waals surface area (Å²) in [5, 5.41) is 12.4. The Morgan fingerprint density at radius 1 is 1.64 bits per heavy atom. The van der Waals surface area contributed by atoms with E-state index in [0.29, 0.717) is 24.5 Å². The fourth-order valence-corrected chi connectivity index (χ4v) is 1.01. The van der Waals surface area contributed by atoms with Crippen LogP contribution >= 0.6 is 11.6 Å². The second-order valence-corrected chi connectivity index (χ2v) is 3.23. The van der Waals surface area contributed by atoms with Gasteiger partial charge in [0.2, 0.25) is 0 Å². The molecule has 0 aliphatic carbocycles. The molecule has 14 heavy (non-hydrogen) atoms. The summed E-state index contributed by atoms with van der Waals surface area (Å²) in [5.74, 6) is 0.456. The number of hydrogen-bond acceptors (Lipinski definition) is 5. The molecule has 4 N–H and O–H groups in total. The van der Waals surface area contributed by atoms with Crippen LogP contribution in [-0.2, 0) is 0 Å². The Kier molecular flexibility index (Phi) is 3.91. The number of rotatable bonds is 4. The van der Waals surface area contributed by atoms with Crippen molar-refractivity contribution in [3.63, 3.8) is 0 Å². The summed E-state index contributed by atoms with van der Waals surface area (Å²) in [5.41, 5.74) is 5.91. The van der Waals surface area contributed by atoms with Gasteiger partial charge in [-0.15, -0.1) is 0 Å². The number of anilines is 2. The quantitative estimate of drug-likeness (QED) is 0.652. The Morgan fingerprint density at radius 3 is 3.00 bits per heavy atom. The van der Waals surface area contributed by atoms with E-state index in [-0.39, 0.29) is 5.15 Å². The van der Waals surface area contributed by atoms with Gasteiger partial charge < -0.3 is 16.2 Å². The monoisotopic (exact) mass is 216 g/mol. The molecule has 0 aromatic carbocycles.